The molecule has 0 saturated heterocycles. The van der Waals surface area contributed by atoms with Gasteiger partial charge in [0, 0.05) is 0 Å². The number of hydrogen-bond donors (Lipinski definition) is 1. The first-order valence-electron chi connectivity index (χ1n) is 7.69. The van der Waals surface area contributed by atoms with Crippen molar-refractivity contribution in [3.63, 3.8) is 0 Å². The Balaban J connectivity index is 1.90. The number of hydrogen-bond acceptors (Lipinski definition) is 4. The average Bonchev–Trinajstić information content (AvgIpc) is 2.63. The van der Waals surface area contributed by atoms with Crippen LogP contribution in [0.5, 0.6) is 5.75 Å². The van der Waals surface area contributed by atoms with Crippen LogP contribution >= 0.6 is 0 Å². The number of ether oxygens (including phenoxy) is 1. The monoisotopic (exact) mass is 336 g/mol. The van der Waals surface area contributed by atoms with Crippen LogP contribution in [-0.4, -0.2) is 20.9 Å². The summed E-state index contributed by atoms with van der Waals surface area (Å²) in [5.74, 6) is -1.41. The highest BCUT2D eigenvalue weighted by Crippen LogP contribution is 2.10. The summed E-state index contributed by atoms with van der Waals surface area (Å²) in [5, 5.41) is 13.1. The van der Waals surface area contributed by atoms with E-state index in [0.29, 0.717) is 6.54 Å². The SMILES string of the molecule is O=C(O)c1nn(Cc2ccccc2)cc(OCc2ccccc2)c1=O. The fourth-order valence-electron chi connectivity index (χ4n) is 2.34. The molecule has 2 aromatic carbocycles. The Kier molecular flexibility index (Phi) is 4.89. The first kappa shape index (κ1) is 16.4. The number of aromatic carboxylic acids is 1. The molecule has 0 saturated carbocycles. The van der Waals surface area contributed by atoms with Gasteiger partial charge in [-0.05, 0) is 11.1 Å². The number of aromatic nitrogens is 2. The molecule has 0 amide bonds. The number of rotatable bonds is 6. The van der Waals surface area contributed by atoms with Gasteiger partial charge in [0.2, 0.25) is 5.69 Å². The molecule has 0 aliphatic carbocycles. The average molecular weight is 336 g/mol. The van der Waals surface area contributed by atoms with Crippen LogP contribution in [0.4, 0.5) is 0 Å². The smallest absolute Gasteiger partial charge is 0.360 e. The van der Waals surface area contributed by atoms with Crippen LogP contribution in [0.15, 0.2) is 71.7 Å². The summed E-state index contributed by atoms with van der Waals surface area (Å²) in [6.07, 6.45) is 1.44. The molecule has 1 heterocycles. The predicted molar refractivity (Wildman–Crippen MR) is 91.8 cm³/mol. The van der Waals surface area contributed by atoms with E-state index in [1.807, 2.05) is 60.7 Å². The molecule has 0 spiro atoms. The van der Waals surface area contributed by atoms with Gasteiger partial charge < -0.3 is 9.84 Å². The van der Waals surface area contributed by atoms with Crippen LogP contribution in [0.2, 0.25) is 0 Å². The summed E-state index contributed by atoms with van der Waals surface area (Å²) in [6.45, 7) is 0.508. The van der Waals surface area contributed by atoms with Gasteiger partial charge >= 0.3 is 5.97 Å². The maximum atomic E-state index is 12.3. The summed E-state index contributed by atoms with van der Waals surface area (Å²) in [5.41, 5.74) is 0.531. The van der Waals surface area contributed by atoms with Crippen LogP contribution in [0, 0.1) is 0 Å². The van der Waals surface area contributed by atoms with Gasteiger partial charge in [0.05, 0.1) is 12.7 Å². The standard InChI is InChI=1S/C19H16N2O4/c22-18-16(25-13-15-9-5-2-6-10-15)12-21(20-17(18)19(23)24)11-14-7-3-1-4-8-14/h1-10,12H,11,13H2,(H,23,24). The van der Waals surface area contributed by atoms with E-state index in [2.05, 4.69) is 5.10 Å². The van der Waals surface area contributed by atoms with Gasteiger partial charge in [-0.15, -0.1) is 0 Å². The molecule has 6 heteroatoms. The Hall–Kier alpha value is -3.41. The summed E-state index contributed by atoms with van der Waals surface area (Å²) in [4.78, 5) is 23.6. The molecule has 25 heavy (non-hydrogen) atoms. The first-order chi connectivity index (χ1) is 12.1. The van der Waals surface area contributed by atoms with Crippen molar-refractivity contribution in [2.75, 3.05) is 0 Å². The first-order valence-corrected chi connectivity index (χ1v) is 7.69. The van der Waals surface area contributed by atoms with Crippen LogP contribution in [0.1, 0.15) is 21.6 Å². The van der Waals surface area contributed by atoms with Crippen molar-refractivity contribution in [3.05, 3.63) is 93.9 Å². The van der Waals surface area contributed by atoms with Gasteiger partial charge in [-0.3, -0.25) is 9.48 Å². The molecule has 0 aliphatic rings. The van der Waals surface area contributed by atoms with Crippen molar-refractivity contribution in [1.82, 2.24) is 9.78 Å². The topological polar surface area (TPSA) is 81.4 Å². The minimum absolute atomic E-state index is 0.0350. The molecule has 0 fully saturated rings. The van der Waals surface area contributed by atoms with Crippen molar-refractivity contribution >= 4 is 5.97 Å². The second kappa shape index (κ2) is 7.44. The third-order valence-electron chi connectivity index (χ3n) is 3.56. The molecule has 3 aromatic rings. The fraction of sp³-hybridized carbons (Fsp3) is 0.105. The van der Waals surface area contributed by atoms with Gasteiger partial charge in [0.1, 0.15) is 6.61 Å². The molecule has 0 bridgehead atoms. The Morgan fingerprint density at radius 1 is 1.00 bits per heavy atom. The second-order valence-electron chi connectivity index (χ2n) is 5.43. The molecule has 1 aromatic heterocycles. The summed E-state index contributed by atoms with van der Waals surface area (Å²) in [6, 6.07) is 18.8. The third kappa shape index (κ3) is 4.11. The highest BCUT2D eigenvalue weighted by atomic mass is 16.5. The summed E-state index contributed by atoms with van der Waals surface area (Å²) < 4.78 is 6.96. The number of nitrogens with zero attached hydrogens (tertiary/aromatic N) is 2. The Bertz CT molecular complexity index is 921. The molecule has 0 aliphatic heterocycles. The fourth-order valence-corrected chi connectivity index (χ4v) is 2.34. The molecule has 3 rings (SSSR count). The molecule has 126 valence electrons. The van der Waals surface area contributed by atoms with Crippen LogP contribution in [0.25, 0.3) is 0 Å². The number of benzene rings is 2. The van der Waals surface area contributed by atoms with Crippen LogP contribution in [0.3, 0.4) is 0 Å². The van der Waals surface area contributed by atoms with E-state index < -0.39 is 17.1 Å². The second-order valence-corrected chi connectivity index (χ2v) is 5.43. The maximum Gasteiger partial charge on any atom is 0.360 e. The van der Waals surface area contributed by atoms with E-state index in [0.717, 1.165) is 11.1 Å². The minimum atomic E-state index is -1.38. The van der Waals surface area contributed by atoms with Gasteiger partial charge in [0.25, 0.3) is 5.43 Å². The minimum Gasteiger partial charge on any atom is -0.483 e. The van der Waals surface area contributed by atoms with E-state index in [9.17, 15) is 14.7 Å². The zero-order valence-electron chi connectivity index (χ0n) is 13.3. The van der Waals surface area contributed by atoms with Crippen molar-refractivity contribution in [2.24, 2.45) is 0 Å². The zero-order valence-corrected chi connectivity index (χ0v) is 13.3. The molecule has 0 radical (unpaired) electrons. The predicted octanol–water partition coefficient (Wildman–Crippen LogP) is 2.57. The largest absolute Gasteiger partial charge is 0.483 e. The number of carboxylic acid groups (broad SMARTS) is 1. The zero-order chi connectivity index (χ0) is 17.6. The molecule has 6 nitrogen and oxygen atoms in total. The lowest BCUT2D eigenvalue weighted by molar-refractivity contribution is 0.0685. The third-order valence-corrected chi connectivity index (χ3v) is 3.56. The molecule has 0 unspecified atom stereocenters. The van der Waals surface area contributed by atoms with Gasteiger partial charge in [-0.25, -0.2) is 4.79 Å². The van der Waals surface area contributed by atoms with E-state index in [-0.39, 0.29) is 12.4 Å². The summed E-state index contributed by atoms with van der Waals surface area (Å²) >= 11 is 0. The maximum absolute atomic E-state index is 12.3. The van der Waals surface area contributed by atoms with Crippen molar-refractivity contribution in [1.29, 1.82) is 0 Å². The van der Waals surface area contributed by atoms with E-state index in [1.165, 1.54) is 10.9 Å². The highest BCUT2D eigenvalue weighted by molar-refractivity contribution is 5.85. The highest BCUT2D eigenvalue weighted by Gasteiger charge is 2.17. The Labute approximate surface area is 143 Å². The quantitative estimate of drug-likeness (QED) is 0.748. The van der Waals surface area contributed by atoms with Crippen LogP contribution in [-0.2, 0) is 13.2 Å². The van der Waals surface area contributed by atoms with Crippen molar-refractivity contribution in [3.8, 4) is 5.75 Å². The van der Waals surface area contributed by atoms with Gasteiger partial charge in [0.15, 0.2) is 5.75 Å². The molecule has 0 atom stereocenters. The van der Waals surface area contributed by atoms with E-state index in [4.69, 9.17) is 4.74 Å². The number of carboxylic acids is 1. The summed E-state index contributed by atoms with van der Waals surface area (Å²) in [7, 11) is 0. The lowest BCUT2D eigenvalue weighted by Gasteiger charge is -2.11. The number of carbonyl (C=O) groups is 1. The van der Waals surface area contributed by atoms with E-state index >= 15 is 0 Å². The Morgan fingerprint density at radius 2 is 1.60 bits per heavy atom. The van der Waals surface area contributed by atoms with Crippen molar-refractivity contribution in [2.45, 2.75) is 13.2 Å². The molecular weight excluding hydrogens is 320 g/mol. The lowest BCUT2D eigenvalue weighted by Crippen LogP contribution is -2.24. The van der Waals surface area contributed by atoms with Crippen LogP contribution < -0.4 is 10.2 Å². The van der Waals surface area contributed by atoms with E-state index in [1.54, 1.807) is 0 Å². The molecular formula is C19H16N2O4. The van der Waals surface area contributed by atoms with Crippen molar-refractivity contribution < 1.29 is 14.6 Å². The Morgan fingerprint density at radius 3 is 2.20 bits per heavy atom. The van der Waals surface area contributed by atoms with Gasteiger partial charge in [-0.1, -0.05) is 60.7 Å². The molecule has 1 N–H and O–H groups in total. The lowest BCUT2D eigenvalue weighted by atomic mass is 10.2. The van der Waals surface area contributed by atoms with Gasteiger partial charge in [-0.2, -0.15) is 5.10 Å². The normalized spacial score (nSPS) is 10.4.